The normalized spacial score (nSPS) is 24.4. The Bertz CT molecular complexity index is 424. The van der Waals surface area contributed by atoms with E-state index in [1.807, 2.05) is 12.5 Å². The van der Waals surface area contributed by atoms with E-state index >= 15 is 0 Å². The molecule has 1 aliphatic carbocycles. The van der Waals surface area contributed by atoms with Crippen LogP contribution in [0.25, 0.3) is 0 Å². The predicted molar refractivity (Wildman–Crippen MR) is 81.7 cm³/mol. The molecule has 0 bridgehead atoms. The molecule has 1 saturated carbocycles. The van der Waals surface area contributed by atoms with Crippen LogP contribution in [0.3, 0.4) is 0 Å². The van der Waals surface area contributed by atoms with Crippen LogP contribution in [0.1, 0.15) is 50.8 Å². The van der Waals surface area contributed by atoms with Gasteiger partial charge in [-0.2, -0.15) is 0 Å². The number of rotatable bonds is 6. The number of likely N-dealkylation sites (tertiary alicyclic amines) is 1. The van der Waals surface area contributed by atoms with E-state index in [1.54, 1.807) is 0 Å². The molecule has 2 aliphatic rings. The summed E-state index contributed by atoms with van der Waals surface area (Å²) in [5.74, 6) is 0. The second-order valence-electron chi connectivity index (χ2n) is 6.64. The molecule has 0 spiro atoms. The van der Waals surface area contributed by atoms with Crippen LogP contribution in [0, 0.1) is 0 Å². The third-order valence-electron chi connectivity index (χ3n) is 4.83. The van der Waals surface area contributed by atoms with Crippen LogP contribution in [0.2, 0.25) is 0 Å². The Balaban J connectivity index is 1.46. The summed E-state index contributed by atoms with van der Waals surface area (Å²) in [5, 5.41) is 0. The number of hydrogen-bond donors (Lipinski definition) is 0. The van der Waals surface area contributed by atoms with E-state index in [0.717, 1.165) is 25.2 Å². The molecule has 3 rings (SSSR count). The molecular weight excluding hydrogens is 248 g/mol. The lowest BCUT2D eigenvalue weighted by Gasteiger charge is -2.34. The zero-order valence-electron chi connectivity index (χ0n) is 13.0. The van der Waals surface area contributed by atoms with Crippen molar-refractivity contribution < 1.29 is 0 Å². The second kappa shape index (κ2) is 6.27. The van der Waals surface area contributed by atoms with Crippen molar-refractivity contribution in [3.05, 3.63) is 18.2 Å². The first-order valence-electron chi connectivity index (χ1n) is 8.17. The molecular formula is C16H28N4. The molecule has 0 amide bonds. The Morgan fingerprint density at radius 1 is 1.30 bits per heavy atom. The SMILES string of the molecule is CC1CCCCN1CCN(C)Cc1cncn1C1CC1. The maximum Gasteiger partial charge on any atom is 0.0951 e. The van der Waals surface area contributed by atoms with Gasteiger partial charge >= 0.3 is 0 Å². The van der Waals surface area contributed by atoms with Crippen molar-refractivity contribution >= 4 is 0 Å². The Labute approximate surface area is 122 Å². The van der Waals surface area contributed by atoms with E-state index in [1.165, 1.54) is 50.9 Å². The summed E-state index contributed by atoms with van der Waals surface area (Å²) >= 11 is 0. The average Bonchev–Trinajstić information content (AvgIpc) is 3.19. The fourth-order valence-corrected chi connectivity index (χ4v) is 3.28. The van der Waals surface area contributed by atoms with Crippen LogP contribution in [0.5, 0.6) is 0 Å². The first kappa shape index (κ1) is 14.1. The Kier molecular flexibility index (Phi) is 4.41. The molecule has 2 heterocycles. The van der Waals surface area contributed by atoms with Crippen LogP contribution < -0.4 is 0 Å². The van der Waals surface area contributed by atoms with Crippen LogP contribution in [0.15, 0.2) is 12.5 Å². The topological polar surface area (TPSA) is 24.3 Å². The Hall–Kier alpha value is -0.870. The van der Waals surface area contributed by atoms with E-state index in [-0.39, 0.29) is 0 Å². The quantitative estimate of drug-likeness (QED) is 0.798. The summed E-state index contributed by atoms with van der Waals surface area (Å²) in [6.45, 7) is 7.05. The number of aromatic nitrogens is 2. The fourth-order valence-electron chi connectivity index (χ4n) is 3.28. The Morgan fingerprint density at radius 2 is 2.15 bits per heavy atom. The minimum atomic E-state index is 0.739. The van der Waals surface area contributed by atoms with Gasteiger partial charge in [0, 0.05) is 37.9 Å². The molecule has 0 aromatic carbocycles. The summed E-state index contributed by atoms with van der Waals surface area (Å²) in [4.78, 5) is 9.42. The first-order chi connectivity index (χ1) is 9.74. The maximum absolute atomic E-state index is 4.32. The first-order valence-corrected chi connectivity index (χ1v) is 8.17. The molecule has 1 unspecified atom stereocenters. The highest BCUT2D eigenvalue weighted by Gasteiger charge is 2.25. The number of likely N-dealkylation sites (N-methyl/N-ethyl adjacent to an activating group) is 1. The summed E-state index contributed by atoms with van der Waals surface area (Å²) in [7, 11) is 2.23. The molecule has 1 aromatic heterocycles. The van der Waals surface area contributed by atoms with Crippen molar-refractivity contribution in [1.29, 1.82) is 0 Å². The van der Waals surface area contributed by atoms with Gasteiger partial charge in [0.15, 0.2) is 0 Å². The largest absolute Gasteiger partial charge is 0.330 e. The molecule has 2 fully saturated rings. The lowest BCUT2D eigenvalue weighted by atomic mass is 10.0. The van der Waals surface area contributed by atoms with Crippen LogP contribution >= 0.6 is 0 Å². The van der Waals surface area contributed by atoms with Gasteiger partial charge in [-0.3, -0.25) is 9.80 Å². The Morgan fingerprint density at radius 3 is 2.90 bits per heavy atom. The smallest absolute Gasteiger partial charge is 0.0951 e. The minimum absolute atomic E-state index is 0.739. The minimum Gasteiger partial charge on any atom is -0.330 e. The van der Waals surface area contributed by atoms with Crippen LogP contribution in [0.4, 0.5) is 0 Å². The van der Waals surface area contributed by atoms with Gasteiger partial charge in [0.1, 0.15) is 0 Å². The van der Waals surface area contributed by atoms with Gasteiger partial charge in [0.05, 0.1) is 12.0 Å². The van der Waals surface area contributed by atoms with Crippen molar-refractivity contribution in [2.45, 2.75) is 57.7 Å². The van der Waals surface area contributed by atoms with E-state index in [4.69, 9.17) is 0 Å². The third-order valence-corrected chi connectivity index (χ3v) is 4.83. The zero-order valence-corrected chi connectivity index (χ0v) is 13.0. The van der Waals surface area contributed by atoms with Gasteiger partial charge in [-0.05, 0) is 46.2 Å². The van der Waals surface area contributed by atoms with E-state index in [2.05, 4.69) is 33.3 Å². The highest BCUT2D eigenvalue weighted by Crippen LogP contribution is 2.35. The van der Waals surface area contributed by atoms with Crippen molar-refractivity contribution in [2.75, 3.05) is 26.7 Å². The molecule has 1 aliphatic heterocycles. The summed E-state index contributed by atoms with van der Waals surface area (Å²) in [6, 6.07) is 1.51. The van der Waals surface area contributed by atoms with Crippen LogP contribution in [-0.2, 0) is 6.54 Å². The highest BCUT2D eigenvalue weighted by atomic mass is 15.2. The lowest BCUT2D eigenvalue weighted by molar-refractivity contribution is 0.140. The number of piperidine rings is 1. The average molecular weight is 276 g/mol. The van der Waals surface area contributed by atoms with Crippen molar-refractivity contribution in [3.8, 4) is 0 Å². The maximum atomic E-state index is 4.32. The fraction of sp³-hybridized carbons (Fsp3) is 0.812. The molecule has 1 saturated heterocycles. The summed E-state index contributed by atoms with van der Waals surface area (Å²) in [6.07, 6.45) is 10.9. The number of hydrogen-bond acceptors (Lipinski definition) is 3. The molecule has 0 radical (unpaired) electrons. The monoisotopic (exact) mass is 276 g/mol. The molecule has 4 nitrogen and oxygen atoms in total. The molecule has 0 N–H and O–H groups in total. The van der Waals surface area contributed by atoms with Gasteiger partial charge in [-0.1, -0.05) is 6.42 Å². The molecule has 20 heavy (non-hydrogen) atoms. The van der Waals surface area contributed by atoms with E-state index in [0.29, 0.717) is 0 Å². The number of imidazole rings is 1. The molecule has 4 heteroatoms. The number of nitrogens with zero attached hydrogens (tertiary/aromatic N) is 4. The van der Waals surface area contributed by atoms with Crippen molar-refractivity contribution in [3.63, 3.8) is 0 Å². The predicted octanol–water partition coefficient (Wildman–Crippen LogP) is 2.52. The van der Waals surface area contributed by atoms with Gasteiger partial charge in [0.25, 0.3) is 0 Å². The van der Waals surface area contributed by atoms with Gasteiger partial charge < -0.3 is 4.57 Å². The zero-order chi connectivity index (χ0) is 13.9. The van der Waals surface area contributed by atoms with Crippen molar-refractivity contribution in [1.82, 2.24) is 19.4 Å². The third kappa shape index (κ3) is 3.41. The standard InChI is InChI=1S/C16H28N4/c1-14-5-3-4-8-19(14)10-9-18(2)12-16-11-17-13-20(16)15-6-7-15/h11,13-15H,3-10,12H2,1-2H3. The molecule has 1 aromatic rings. The lowest BCUT2D eigenvalue weighted by Crippen LogP contribution is -2.41. The summed E-state index contributed by atoms with van der Waals surface area (Å²) in [5.41, 5.74) is 1.38. The van der Waals surface area contributed by atoms with Gasteiger partial charge in [-0.15, -0.1) is 0 Å². The molecule has 112 valence electrons. The van der Waals surface area contributed by atoms with E-state index in [9.17, 15) is 0 Å². The second-order valence-corrected chi connectivity index (χ2v) is 6.64. The van der Waals surface area contributed by atoms with Gasteiger partial charge in [0.2, 0.25) is 0 Å². The van der Waals surface area contributed by atoms with Gasteiger partial charge in [-0.25, -0.2) is 4.98 Å². The highest BCUT2D eigenvalue weighted by molar-refractivity contribution is 5.03. The van der Waals surface area contributed by atoms with Crippen molar-refractivity contribution in [2.24, 2.45) is 0 Å². The molecule has 1 atom stereocenters. The summed E-state index contributed by atoms with van der Waals surface area (Å²) < 4.78 is 2.38. The van der Waals surface area contributed by atoms with Crippen LogP contribution in [-0.4, -0.2) is 52.1 Å². The van der Waals surface area contributed by atoms with E-state index < -0.39 is 0 Å².